The lowest BCUT2D eigenvalue weighted by Crippen LogP contribution is -2.36. The molecule has 1 fully saturated rings. The van der Waals surface area contributed by atoms with Gasteiger partial charge in [0.2, 0.25) is 11.8 Å². The van der Waals surface area contributed by atoms with Crippen LogP contribution in [0, 0.1) is 5.92 Å². The molecular weight excluding hydrogens is 280 g/mol. The Morgan fingerprint density at radius 3 is 2.64 bits per heavy atom. The molecule has 0 unspecified atom stereocenters. The summed E-state index contributed by atoms with van der Waals surface area (Å²) in [5, 5.41) is 2.87. The second-order valence-corrected chi connectivity index (χ2v) is 5.91. The van der Waals surface area contributed by atoms with E-state index in [1.165, 1.54) is 0 Å². The molecule has 0 aliphatic carbocycles. The summed E-state index contributed by atoms with van der Waals surface area (Å²) < 4.78 is 5.54. The van der Waals surface area contributed by atoms with Gasteiger partial charge < -0.3 is 15.0 Å². The van der Waals surface area contributed by atoms with Crippen molar-refractivity contribution < 1.29 is 14.3 Å². The standard InChI is InChI=1S/C17H24N2O3/c1-4-9-22-15-7-5-14(6-8-15)19-11-13(10-16(19)20)17(21)18-12(2)3/h5-8,12-13H,4,9-11H2,1-3H3,(H,18,21)/t13-/m0/s1. The van der Waals surface area contributed by atoms with E-state index in [-0.39, 0.29) is 30.2 Å². The molecule has 5 heteroatoms. The van der Waals surface area contributed by atoms with E-state index < -0.39 is 0 Å². The molecule has 1 atom stereocenters. The first-order valence-corrected chi connectivity index (χ1v) is 7.85. The highest BCUT2D eigenvalue weighted by Crippen LogP contribution is 2.27. The summed E-state index contributed by atoms with van der Waals surface area (Å²) in [6.45, 7) is 7.01. The molecule has 1 aliphatic rings. The van der Waals surface area contributed by atoms with Crippen LogP contribution < -0.4 is 15.0 Å². The normalized spacial score (nSPS) is 17.9. The average molecular weight is 304 g/mol. The first kappa shape index (κ1) is 16.3. The second kappa shape index (κ2) is 7.29. The molecule has 1 aromatic carbocycles. The maximum absolute atomic E-state index is 12.1. The van der Waals surface area contributed by atoms with Crippen molar-refractivity contribution in [3.8, 4) is 5.75 Å². The Hall–Kier alpha value is -2.04. The minimum atomic E-state index is -0.272. The zero-order valence-corrected chi connectivity index (χ0v) is 13.5. The van der Waals surface area contributed by atoms with Crippen LogP contribution in [0.15, 0.2) is 24.3 Å². The van der Waals surface area contributed by atoms with Crippen LogP contribution in [0.2, 0.25) is 0 Å². The van der Waals surface area contributed by atoms with Crippen LogP contribution in [-0.2, 0) is 9.59 Å². The van der Waals surface area contributed by atoms with E-state index in [0.29, 0.717) is 13.2 Å². The van der Waals surface area contributed by atoms with E-state index in [4.69, 9.17) is 4.74 Å². The highest BCUT2D eigenvalue weighted by atomic mass is 16.5. The Bertz CT molecular complexity index is 525. The second-order valence-electron chi connectivity index (χ2n) is 5.91. The summed E-state index contributed by atoms with van der Waals surface area (Å²) in [4.78, 5) is 25.9. The molecule has 0 spiro atoms. The molecule has 1 aliphatic heterocycles. The van der Waals surface area contributed by atoms with Gasteiger partial charge >= 0.3 is 0 Å². The molecule has 5 nitrogen and oxygen atoms in total. The fourth-order valence-corrected chi connectivity index (χ4v) is 2.48. The van der Waals surface area contributed by atoms with Crippen LogP contribution in [0.1, 0.15) is 33.6 Å². The summed E-state index contributed by atoms with van der Waals surface area (Å²) >= 11 is 0. The van der Waals surface area contributed by atoms with Gasteiger partial charge in [-0.25, -0.2) is 0 Å². The number of hydrogen-bond donors (Lipinski definition) is 1. The van der Waals surface area contributed by atoms with Gasteiger partial charge in [-0.1, -0.05) is 6.92 Å². The van der Waals surface area contributed by atoms with Gasteiger partial charge in [0.1, 0.15) is 5.75 Å². The molecule has 1 N–H and O–H groups in total. The predicted octanol–water partition coefficient (Wildman–Crippen LogP) is 2.35. The molecule has 120 valence electrons. The number of hydrogen-bond acceptors (Lipinski definition) is 3. The lowest BCUT2D eigenvalue weighted by Gasteiger charge is -2.17. The van der Waals surface area contributed by atoms with Gasteiger partial charge in [0.05, 0.1) is 12.5 Å². The van der Waals surface area contributed by atoms with Crippen molar-refractivity contribution in [3.63, 3.8) is 0 Å². The summed E-state index contributed by atoms with van der Waals surface area (Å²) in [6.07, 6.45) is 1.23. The van der Waals surface area contributed by atoms with Crippen molar-refractivity contribution in [2.45, 2.75) is 39.7 Å². The molecule has 0 saturated carbocycles. The van der Waals surface area contributed by atoms with Crippen LogP contribution in [-0.4, -0.2) is 31.0 Å². The minimum Gasteiger partial charge on any atom is -0.494 e. The average Bonchev–Trinajstić information content (AvgIpc) is 2.87. The van der Waals surface area contributed by atoms with Crippen LogP contribution in [0.5, 0.6) is 5.75 Å². The number of nitrogens with one attached hydrogen (secondary N) is 1. The third-order valence-corrected chi connectivity index (χ3v) is 3.55. The lowest BCUT2D eigenvalue weighted by molar-refractivity contribution is -0.126. The molecular formula is C17H24N2O3. The van der Waals surface area contributed by atoms with E-state index in [2.05, 4.69) is 12.2 Å². The molecule has 0 bridgehead atoms. The van der Waals surface area contributed by atoms with Crippen molar-refractivity contribution in [2.24, 2.45) is 5.92 Å². The Balaban J connectivity index is 2.00. The van der Waals surface area contributed by atoms with Crippen LogP contribution in [0.4, 0.5) is 5.69 Å². The molecule has 1 saturated heterocycles. The number of carbonyl (C=O) groups excluding carboxylic acids is 2. The molecule has 1 aromatic rings. The summed E-state index contributed by atoms with van der Waals surface area (Å²) in [6, 6.07) is 7.54. The highest BCUT2D eigenvalue weighted by Gasteiger charge is 2.35. The topological polar surface area (TPSA) is 58.6 Å². The third kappa shape index (κ3) is 4.00. The fraction of sp³-hybridized carbons (Fsp3) is 0.529. The van der Waals surface area contributed by atoms with E-state index in [0.717, 1.165) is 17.9 Å². The number of rotatable bonds is 6. The molecule has 0 aromatic heterocycles. The monoisotopic (exact) mass is 304 g/mol. The zero-order chi connectivity index (χ0) is 16.1. The van der Waals surface area contributed by atoms with Crippen molar-refractivity contribution in [2.75, 3.05) is 18.1 Å². The predicted molar refractivity (Wildman–Crippen MR) is 86.0 cm³/mol. The maximum atomic E-state index is 12.1. The van der Waals surface area contributed by atoms with Gasteiger partial charge in [-0.2, -0.15) is 0 Å². The third-order valence-electron chi connectivity index (χ3n) is 3.55. The lowest BCUT2D eigenvalue weighted by atomic mass is 10.1. The molecule has 22 heavy (non-hydrogen) atoms. The highest BCUT2D eigenvalue weighted by molar-refractivity contribution is 6.00. The van der Waals surface area contributed by atoms with Crippen LogP contribution in [0.25, 0.3) is 0 Å². The number of benzene rings is 1. The largest absolute Gasteiger partial charge is 0.494 e. The number of carbonyl (C=O) groups is 2. The number of amides is 2. The van der Waals surface area contributed by atoms with Crippen molar-refractivity contribution in [1.29, 1.82) is 0 Å². The Labute approximate surface area is 131 Å². The van der Waals surface area contributed by atoms with Crippen molar-refractivity contribution in [3.05, 3.63) is 24.3 Å². The van der Waals surface area contributed by atoms with Gasteiger partial charge in [-0.15, -0.1) is 0 Å². The number of anilines is 1. The Morgan fingerprint density at radius 1 is 1.36 bits per heavy atom. The van der Waals surface area contributed by atoms with Crippen LogP contribution in [0.3, 0.4) is 0 Å². The number of nitrogens with zero attached hydrogens (tertiary/aromatic N) is 1. The molecule has 0 radical (unpaired) electrons. The smallest absolute Gasteiger partial charge is 0.227 e. The van der Waals surface area contributed by atoms with Crippen molar-refractivity contribution in [1.82, 2.24) is 5.32 Å². The van der Waals surface area contributed by atoms with E-state index in [1.807, 2.05) is 38.1 Å². The Morgan fingerprint density at radius 2 is 2.05 bits per heavy atom. The summed E-state index contributed by atoms with van der Waals surface area (Å²) in [5.74, 6) is 0.470. The van der Waals surface area contributed by atoms with Gasteiger partial charge in [0.25, 0.3) is 0 Å². The van der Waals surface area contributed by atoms with Gasteiger partial charge in [-0.05, 0) is 44.5 Å². The number of ether oxygens (including phenoxy) is 1. The summed E-state index contributed by atoms with van der Waals surface area (Å²) in [7, 11) is 0. The summed E-state index contributed by atoms with van der Waals surface area (Å²) in [5.41, 5.74) is 0.814. The van der Waals surface area contributed by atoms with E-state index in [9.17, 15) is 9.59 Å². The maximum Gasteiger partial charge on any atom is 0.227 e. The molecule has 2 rings (SSSR count). The fourth-order valence-electron chi connectivity index (χ4n) is 2.48. The zero-order valence-electron chi connectivity index (χ0n) is 13.5. The quantitative estimate of drug-likeness (QED) is 0.877. The molecule has 1 heterocycles. The molecule has 2 amide bonds. The SMILES string of the molecule is CCCOc1ccc(N2C[C@@H](C(=O)NC(C)C)CC2=O)cc1. The van der Waals surface area contributed by atoms with Crippen molar-refractivity contribution >= 4 is 17.5 Å². The minimum absolute atomic E-state index is 0.00821. The van der Waals surface area contributed by atoms with Gasteiger partial charge in [-0.3, -0.25) is 9.59 Å². The Kier molecular flexibility index (Phi) is 5.41. The van der Waals surface area contributed by atoms with Crippen LogP contribution >= 0.6 is 0 Å². The first-order valence-electron chi connectivity index (χ1n) is 7.85. The van der Waals surface area contributed by atoms with E-state index in [1.54, 1.807) is 4.90 Å². The van der Waals surface area contributed by atoms with E-state index >= 15 is 0 Å². The first-order chi connectivity index (χ1) is 10.5. The van der Waals surface area contributed by atoms with Gasteiger partial charge in [0.15, 0.2) is 0 Å². The van der Waals surface area contributed by atoms with Gasteiger partial charge in [0, 0.05) is 24.7 Å².